The number of imidazole rings is 1. The van der Waals surface area contributed by atoms with Crippen LogP contribution in [0.3, 0.4) is 0 Å². The molecule has 9 nitrogen and oxygen atoms in total. The van der Waals surface area contributed by atoms with E-state index in [0.29, 0.717) is 45.9 Å². The molecule has 11 heteroatoms. The lowest BCUT2D eigenvalue weighted by molar-refractivity contribution is 0.610. The number of rotatable bonds is 4. The number of benzene rings is 1. The Morgan fingerprint density at radius 3 is 2.45 bits per heavy atom. The van der Waals surface area contributed by atoms with Crippen molar-refractivity contribution in [2.24, 2.45) is 19.1 Å². The average molecular weight is 438 g/mol. The summed E-state index contributed by atoms with van der Waals surface area (Å²) < 4.78 is 4.11. The molecule has 0 saturated heterocycles. The van der Waals surface area contributed by atoms with Gasteiger partial charge in [-0.05, 0) is 12.1 Å². The predicted octanol–water partition coefficient (Wildman–Crippen LogP) is 1.77. The van der Waals surface area contributed by atoms with Crippen LogP contribution in [0.25, 0.3) is 11.2 Å². The van der Waals surface area contributed by atoms with E-state index in [9.17, 15) is 9.59 Å². The first-order chi connectivity index (χ1) is 13.7. The van der Waals surface area contributed by atoms with E-state index in [1.54, 1.807) is 34.7 Å². The van der Waals surface area contributed by atoms with Gasteiger partial charge in [0.15, 0.2) is 17.1 Å². The zero-order chi connectivity index (χ0) is 21.3. The number of aliphatic imine (C=N–C) groups is 1. The highest BCUT2D eigenvalue weighted by Crippen LogP contribution is 2.29. The molecule has 3 aromatic rings. The van der Waals surface area contributed by atoms with Crippen molar-refractivity contribution >= 4 is 46.0 Å². The Morgan fingerprint density at radius 2 is 1.83 bits per heavy atom. The molecular weight excluding hydrogens is 417 g/mol. The highest BCUT2D eigenvalue weighted by molar-refractivity contribution is 6.39. The number of guanidine groups is 1. The third kappa shape index (κ3) is 4.01. The number of nitrogens with one attached hydrogen (secondary N) is 1. The number of hydrogen-bond donors (Lipinski definition) is 1. The molecule has 0 bridgehead atoms. The quantitative estimate of drug-likeness (QED) is 0.496. The molecule has 1 N–H and O–H groups in total. The van der Waals surface area contributed by atoms with Gasteiger partial charge in [0.2, 0.25) is 0 Å². The van der Waals surface area contributed by atoms with Crippen molar-refractivity contribution in [3.63, 3.8) is 0 Å². The van der Waals surface area contributed by atoms with Crippen LogP contribution in [-0.4, -0.2) is 50.2 Å². The van der Waals surface area contributed by atoms with Crippen LogP contribution in [0.5, 0.6) is 0 Å². The minimum Gasteiger partial charge on any atom is -0.349 e. The second-order valence-electron chi connectivity index (χ2n) is 6.64. The Kier molecular flexibility index (Phi) is 5.99. The van der Waals surface area contributed by atoms with E-state index in [-0.39, 0.29) is 0 Å². The van der Waals surface area contributed by atoms with Crippen molar-refractivity contribution in [3.8, 4) is 0 Å². The van der Waals surface area contributed by atoms with Crippen molar-refractivity contribution in [1.29, 1.82) is 0 Å². The maximum atomic E-state index is 12.5. The molecule has 0 fully saturated rings. The Bertz CT molecular complexity index is 1190. The number of aryl methyl sites for hydroxylation is 1. The van der Waals surface area contributed by atoms with Crippen molar-refractivity contribution in [2.75, 3.05) is 26.0 Å². The van der Waals surface area contributed by atoms with Crippen LogP contribution >= 0.6 is 23.2 Å². The summed E-state index contributed by atoms with van der Waals surface area (Å²) in [6, 6.07) is 5.24. The van der Waals surface area contributed by atoms with Crippen molar-refractivity contribution in [3.05, 3.63) is 55.4 Å². The molecule has 1 aromatic carbocycles. The minimum atomic E-state index is -0.415. The zero-order valence-corrected chi connectivity index (χ0v) is 18.0. The summed E-state index contributed by atoms with van der Waals surface area (Å²) in [5.41, 5.74) is 0.467. The second-order valence-corrected chi connectivity index (χ2v) is 7.45. The van der Waals surface area contributed by atoms with Crippen molar-refractivity contribution in [1.82, 2.24) is 23.6 Å². The van der Waals surface area contributed by atoms with Crippen LogP contribution in [0.2, 0.25) is 10.0 Å². The molecule has 0 saturated carbocycles. The van der Waals surface area contributed by atoms with Gasteiger partial charge < -0.3 is 14.8 Å². The van der Waals surface area contributed by atoms with E-state index < -0.39 is 11.2 Å². The van der Waals surface area contributed by atoms with E-state index in [1.807, 2.05) is 14.1 Å². The topological polar surface area (TPSA) is 89.5 Å². The van der Waals surface area contributed by atoms with E-state index in [1.165, 1.54) is 17.9 Å². The molecule has 29 heavy (non-hydrogen) atoms. The molecule has 2 aromatic heterocycles. The summed E-state index contributed by atoms with van der Waals surface area (Å²) in [7, 11) is 6.71. The number of aromatic nitrogens is 4. The molecule has 0 aliphatic carbocycles. The highest BCUT2D eigenvalue weighted by atomic mass is 35.5. The van der Waals surface area contributed by atoms with Gasteiger partial charge in [-0.3, -0.25) is 18.9 Å². The lowest BCUT2D eigenvalue weighted by atomic mass is 10.3. The van der Waals surface area contributed by atoms with Gasteiger partial charge in [0.05, 0.1) is 28.6 Å². The molecule has 0 spiro atoms. The fourth-order valence-electron chi connectivity index (χ4n) is 2.85. The van der Waals surface area contributed by atoms with Crippen LogP contribution in [0.1, 0.15) is 0 Å². The summed E-state index contributed by atoms with van der Waals surface area (Å²) in [6.45, 7) is 0.763. The molecule has 0 aliphatic rings. The summed E-state index contributed by atoms with van der Waals surface area (Å²) in [5, 5.41) is 4.11. The minimum absolute atomic E-state index is 0.343. The van der Waals surface area contributed by atoms with Crippen molar-refractivity contribution < 1.29 is 0 Å². The largest absolute Gasteiger partial charge is 0.349 e. The first kappa shape index (κ1) is 20.9. The maximum absolute atomic E-state index is 12.5. The summed E-state index contributed by atoms with van der Waals surface area (Å²) in [6.07, 6.45) is 1.54. The lowest BCUT2D eigenvalue weighted by Crippen LogP contribution is -2.37. The first-order valence-electron chi connectivity index (χ1n) is 8.76. The lowest BCUT2D eigenvalue weighted by Gasteiger charge is -2.19. The van der Waals surface area contributed by atoms with Crippen LogP contribution in [0.15, 0.2) is 39.1 Å². The normalized spacial score (nSPS) is 11.9. The molecule has 0 aliphatic heterocycles. The number of fused-ring (bicyclic) bond motifs is 1. The molecular formula is C18H21Cl2N7O2. The number of nitrogens with zero attached hydrogens (tertiary/aromatic N) is 6. The van der Waals surface area contributed by atoms with Gasteiger partial charge >= 0.3 is 5.69 Å². The van der Waals surface area contributed by atoms with Gasteiger partial charge in [-0.2, -0.15) is 0 Å². The number of hydrogen-bond acceptors (Lipinski definition) is 4. The Labute approximate surface area is 176 Å². The standard InChI is InChI=1S/C18H21Cl2N7O2/c1-24(2)17(23-13-11(19)6-5-7-12(13)20)21-8-9-27-10-22-15-14(27)16(28)26(4)18(29)25(15)3/h5-7,10H,8-9H2,1-4H3,(H,21,23). The third-order valence-corrected chi connectivity index (χ3v) is 5.07. The molecule has 0 atom stereocenters. The van der Waals surface area contributed by atoms with Gasteiger partial charge in [-0.1, -0.05) is 29.3 Å². The zero-order valence-electron chi connectivity index (χ0n) is 16.5. The SMILES string of the molecule is CN(C)C(=NCCn1cnc2c1c(=O)n(C)c(=O)n2C)Nc1c(Cl)cccc1Cl. The molecule has 0 amide bonds. The van der Waals surface area contributed by atoms with Gasteiger partial charge in [0.25, 0.3) is 5.56 Å². The second kappa shape index (κ2) is 8.30. The summed E-state index contributed by atoms with van der Waals surface area (Å²) >= 11 is 12.4. The Balaban J connectivity index is 1.87. The Hall–Kier alpha value is -2.78. The highest BCUT2D eigenvalue weighted by Gasteiger charge is 2.14. The number of halogens is 2. The summed E-state index contributed by atoms with van der Waals surface area (Å²) in [4.78, 5) is 35.1. The first-order valence-corrected chi connectivity index (χ1v) is 9.51. The third-order valence-electron chi connectivity index (χ3n) is 4.44. The molecule has 0 unspecified atom stereocenters. The van der Waals surface area contributed by atoms with Gasteiger partial charge in [-0.15, -0.1) is 0 Å². The van der Waals surface area contributed by atoms with Crippen LogP contribution in [0, 0.1) is 0 Å². The average Bonchev–Trinajstić information content (AvgIpc) is 3.10. The maximum Gasteiger partial charge on any atom is 0.332 e. The van der Waals surface area contributed by atoms with Crippen LogP contribution in [0.4, 0.5) is 5.69 Å². The predicted molar refractivity (Wildman–Crippen MR) is 116 cm³/mol. The van der Waals surface area contributed by atoms with Gasteiger partial charge in [-0.25, -0.2) is 9.78 Å². The van der Waals surface area contributed by atoms with Gasteiger partial charge in [0, 0.05) is 34.7 Å². The Morgan fingerprint density at radius 1 is 1.17 bits per heavy atom. The molecule has 154 valence electrons. The molecule has 2 heterocycles. The number of para-hydroxylation sites is 1. The van der Waals surface area contributed by atoms with E-state index in [2.05, 4.69) is 15.3 Å². The number of anilines is 1. The van der Waals surface area contributed by atoms with Crippen LogP contribution < -0.4 is 16.6 Å². The van der Waals surface area contributed by atoms with E-state index in [4.69, 9.17) is 23.2 Å². The molecule has 0 radical (unpaired) electrons. The summed E-state index contributed by atoms with van der Waals surface area (Å²) in [5.74, 6) is 0.560. The van der Waals surface area contributed by atoms with E-state index >= 15 is 0 Å². The van der Waals surface area contributed by atoms with Crippen LogP contribution in [-0.2, 0) is 20.6 Å². The fraction of sp³-hybridized carbons (Fsp3) is 0.333. The fourth-order valence-corrected chi connectivity index (χ4v) is 3.34. The smallest absolute Gasteiger partial charge is 0.332 e. The van der Waals surface area contributed by atoms with E-state index in [0.717, 1.165) is 4.57 Å². The monoisotopic (exact) mass is 437 g/mol. The molecule has 3 rings (SSSR count). The van der Waals surface area contributed by atoms with Crippen molar-refractivity contribution in [2.45, 2.75) is 6.54 Å². The van der Waals surface area contributed by atoms with Gasteiger partial charge in [0.1, 0.15) is 0 Å².